The van der Waals surface area contributed by atoms with Crippen LogP contribution in [0.5, 0.6) is 0 Å². The van der Waals surface area contributed by atoms with Gasteiger partial charge in [-0.3, -0.25) is 0 Å². The molecule has 0 saturated carbocycles. The number of hydrogen-bond acceptors (Lipinski definition) is 12. The molecule has 12 nitrogen and oxygen atoms in total. The van der Waals surface area contributed by atoms with Crippen LogP contribution >= 0.6 is 0 Å². The Morgan fingerprint density at radius 2 is 1.32 bits per heavy atom. The summed E-state index contributed by atoms with van der Waals surface area (Å²) in [5.74, 6) is 1.88. The van der Waals surface area contributed by atoms with Gasteiger partial charge >= 0.3 is 0 Å². The highest BCUT2D eigenvalue weighted by Crippen LogP contribution is 2.23. The molecule has 9 N–H and O–H groups in total. The van der Waals surface area contributed by atoms with E-state index in [0.717, 1.165) is 12.8 Å². The van der Waals surface area contributed by atoms with Crippen molar-refractivity contribution < 1.29 is 4.52 Å². The molecule has 2 aromatic rings. The van der Waals surface area contributed by atoms with Gasteiger partial charge in [0.05, 0.1) is 0 Å². The van der Waals surface area contributed by atoms with Crippen LogP contribution in [0.3, 0.4) is 0 Å². The van der Waals surface area contributed by atoms with Gasteiger partial charge in [0, 0.05) is 56.4 Å². The van der Waals surface area contributed by atoms with Gasteiger partial charge in [-0.2, -0.15) is 15.0 Å². The SMILES string of the molecule is N[C@@H]1C[C@H](N)CN(c2nc(Nc3ccon3)nc(N3C[C@H](N)C[C@H](N)C3)n2)C1. The third kappa shape index (κ3) is 4.30. The van der Waals surface area contributed by atoms with Crippen LogP contribution in [0.2, 0.25) is 0 Å². The maximum Gasteiger partial charge on any atom is 0.235 e. The van der Waals surface area contributed by atoms with Gasteiger partial charge in [-0.1, -0.05) is 5.16 Å². The van der Waals surface area contributed by atoms with Crippen LogP contribution in [0.25, 0.3) is 0 Å². The lowest BCUT2D eigenvalue weighted by Crippen LogP contribution is -2.54. The molecule has 0 radical (unpaired) electrons. The first-order valence-electron chi connectivity index (χ1n) is 9.42. The Bertz CT molecular complexity index is 721. The van der Waals surface area contributed by atoms with E-state index in [1.54, 1.807) is 6.07 Å². The second-order valence-corrected chi connectivity index (χ2v) is 7.59. The zero-order chi connectivity index (χ0) is 19.7. The van der Waals surface area contributed by atoms with Crippen LogP contribution in [-0.2, 0) is 0 Å². The van der Waals surface area contributed by atoms with Crippen LogP contribution in [0.1, 0.15) is 12.8 Å². The average molecular weight is 389 g/mol. The molecule has 28 heavy (non-hydrogen) atoms. The first-order valence-corrected chi connectivity index (χ1v) is 9.42. The van der Waals surface area contributed by atoms with Crippen LogP contribution in [0.15, 0.2) is 16.9 Å². The summed E-state index contributed by atoms with van der Waals surface area (Å²) in [6.45, 7) is 2.50. The number of hydrogen-bond donors (Lipinski definition) is 5. The number of aromatic nitrogens is 4. The van der Waals surface area contributed by atoms with E-state index in [1.165, 1.54) is 6.26 Å². The van der Waals surface area contributed by atoms with Crippen molar-refractivity contribution in [3.8, 4) is 0 Å². The highest BCUT2D eigenvalue weighted by atomic mass is 16.5. The lowest BCUT2D eigenvalue weighted by Gasteiger charge is -2.36. The standard InChI is InChI=1S/C16H27N11O/c17-9-3-10(18)6-26(5-9)15-22-14(21-13-1-2-28-25-13)23-16(24-15)27-7-11(19)4-12(20)8-27/h1-2,9-12H,3-8,17-20H2,(H,21,22,23,24,25)/t9-,10+,11-,12+. The Balaban J connectivity index is 1.66. The van der Waals surface area contributed by atoms with Gasteiger partial charge in [0.2, 0.25) is 17.8 Å². The molecule has 0 unspecified atom stereocenters. The number of nitrogens with one attached hydrogen (secondary N) is 1. The molecule has 0 aromatic carbocycles. The van der Waals surface area contributed by atoms with E-state index >= 15 is 0 Å². The smallest absolute Gasteiger partial charge is 0.235 e. The second kappa shape index (κ2) is 7.83. The molecule has 0 bridgehead atoms. The topological polar surface area (TPSA) is 187 Å². The molecule has 0 amide bonds. The summed E-state index contributed by atoms with van der Waals surface area (Å²) in [6.07, 6.45) is 3.01. The fourth-order valence-electron chi connectivity index (χ4n) is 3.77. The van der Waals surface area contributed by atoms with E-state index < -0.39 is 0 Å². The third-order valence-electron chi connectivity index (χ3n) is 4.89. The molecule has 2 aliphatic rings. The van der Waals surface area contributed by atoms with Crippen molar-refractivity contribution in [3.63, 3.8) is 0 Å². The first kappa shape index (κ1) is 18.8. The fraction of sp³-hybridized carbons (Fsp3) is 0.625. The zero-order valence-electron chi connectivity index (χ0n) is 15.6. The third-order valence-corrected chi connectivity index (χ3v) is 4.89. The van der Waals surface area contributed by atoms with E-state index in [4.69, 9.17) is 27.5 Å². The molecule has 2 saturated heterocycles. The fourth-order valence-corrected chi connectivity index (χ4v) is 3.77. The lowest BCUT2D eigenvalue weighted by molar-refractivity contribution is 0.422. The highest BCUT2D eigenvalue weighted by Gasteiger charge is 2.28. The first-order chi connectivity index (χ1) is 13.5. The van der Waals surface area contributed by atoms with Gasteiger partial charge in [0.15, 0.2) is 5.82 Å². The Morgan fingerprint density at radius 3 is 1.75 bits per heavy atom. The Morgan fingerprint density at radius 1 is 0.821 bits per heavy atom. The zero-order valence-corrected chi connectivity index (χ0v) is 15.6. The van der Waals surface area contributed by atoms with Crippen molar-refractivity contribution in [2.24, 2.45) is 22.9 Å². The molecule has 4 atom stereocenters. The van der Waals surface area contributed by atoms with Crippen molar-refractivity contribution in [2.75, 3.05) is 41.3 Å². The van der Waals surface area contributed by atoms with Gasteiger partial charge in [-0.25, -0.2) is 0 Å². The van der Waals surface area contributed by atoms with E-state index in [1.807, 2.05) is 9.80 Å². The summed E-state index contributed by atoms with van der Waals surface area (Å²) in [5, 5.41) is 6.89. The quantitative estimate of drug-likeness (QED) is 0.401. The second-order valence-electron chi connectivity index (χ2n) is 7.59. The predicted molar refractivity (Wildman–Crippen MR) is 105 cm³/mol. The van der Waals surface area contributed by atoms with Crippen molar-refractivity contribution in [1.82, 2.24) is 20.1 Å². The molecule has 0 aliphatic carbocycles. The molecule has 4 rings (SSSR count). The van der Waals surface area contributed by atoms with Crippen molar-refractivity contribution in [3.05, 3.63) is 12.3 Å². The summed E-state index contributed by atoms with van der Waals surface area (Å²) in [7, 11) is 0. The predicted octanol–water partition coefficient (Wildman–Crippen LogP) is -1.67. The van der Waals surface area contributed by atoms with E-state index in [0.29, 0.717) is 49.8 Å². The van der Waals surface area contributed by atoms with Crippen molar-refractivity contribution in [2.45, 2.75) is 37.0 Å². The normalized spacial score (nSPS) is 28.4. The molecule has 152 valence electrons. The number of anilines is 4. The number of piperidine rings is 2. The van der Waals surface area contributed by atoms with E-state index in [2.05, 4.69) is 25.4 Å². The van der Waals surface area contributed by atoms with Gasteiger partial charge in [-0.15, -0.1) is 0 Å². The summed E-state index contributed by atoms with van der Waals surface area (Å²) < 4.78 is 4.87. The van der Waals surface area contributed by atoms with E-state index in [9.17, 15) is 0 Å². The highest BCUT2D eigenvalue weighted by molar-refractivity contribution is 5.52. The minimum Gasteiger partial charge on any atom is -0.363 e. The Hall–Kier alpha value is -2.54. The minimum absolute atomic E-state index is 0.0345. The number of nitrogens with two attached hydrogens (primary N) is 4. The number of nitrogens with zero attached hydrogens (tertiary/aromatic N) is 6. The van der Waals surface area contributed by atoms with Crippen LogP contribution in [-0.4, -0.2) is 70.5 Å². The average Bonchev–Trinajstić information content (AvgIpc) is 3.13. The maximum atomic E-state index is 6.14. The summed E-state index contributed by atoms with van der Waals surface area (Å²) in [6, 6.07) is 1.55. The summed E-state index contributed by atoms with van der Waals surface area (Å²) in [5.41, 5.74) is 24.6. The molecular weight excluding hydrogens is 362 g/mol. The molecule has 4 heterocycles. The van der Waals surface area contributed by atoms with Crippen molar-refractivity contribution >= 4 is 23.7 Å². The molecule has 2 aromatic heterocycles. The molecular formula is C16H27N11O. The van der Waals surface area contributed by atoms with Crippen LogP contribution < -0.4 is 38.1 Å². The maximum absolute atomic E-state index is 6.14. The molecule has 2 fully saturated rings. The number of rotatable bonds is 4. The van der Waals surface area contributed by atoms with Crippen LogP contribution in [0, 0.1) is 0 Å². The summed E-state index contributed by atoms with van der Waals surface area (Å²) in [4.78, 5) is 17.7. The Kier molecular flexibility index (Phi) is 5.26. The lowest BCUT2D eigenvalue weighted by atomic mass is 10.0. The van der Waals surface area contributed by atoms with Gasteiger partial charge in [-0.05, 0) is 12.8 Å². The monoisotopic (exact) mass is 389 g/mol. The summed E-state index contributed by atoms with van der Waals surface area (Å²) >= 11 is 0. The minimum atomic E-state index is -0.0345. The van der Waals surface area contributed by atoms with Gasteiger partial charge in [0.25, 0.3) is 0 Å². The van der Waals surface area contributed by atoms with Crippen molar-refractivity contribution in [1.29, 1.82) is 0 Å². The van der Waals surface area contributed by atoms with Crippen LogP contribution in [0.4, 0.5) is 23.7 Å². The molecule has 0 spiro atoms. The van der Waals surface area contributed by atoms with E-state index in [-0.39, 0.29) is 24.2 Å². The Labute approximate surface area is 162 Å². The van der Waals surface area contributed by atoms with Gasteiger partial charge in [0.1, 0.15) is 6.26 Å². The van der Waals surface area contributed by atoms with Gasteiger partial charge < -0.3 is 42.6 Å². The molecule has 12 heteroatoms. The molecule has 2 aliphatic heterocycles. The largest absolute Gasteiger partial charge is 0.363 e.